The monoisotopic (exact) mass is 375 g/mol. The van der Waals surface area contributed by atoms with E-state index in [0.29, 0.717) is 6.54 Å². The standard InChI is InChI=1S/C20H29N3O4/c1-14(2)18(20(26)27-5)22(4)17(24)13-21(3)19(25)16-12-23(16)11-15-9-7-6-8-10-15/h6-10,14,16,18H,11-13H2,1-5H3/t16-,18-,23?/m0/s1. The lowest BCUT2D eigenvalue weighted by atomic mass is 10.0. The van der Waals surface area contributed by atoms with E-state index in [1.165, 1.54) is 16.9 Å². The number of likely N-dealkylation sites (N-methyl/N-ethyl adjacent to an activating group) is 2. The lowest BCUT2D eigenvalue weighted by Gasteiger charge is -2.30. The summed E-state index contributed by atoms with van der Waals surface area (Å²) in [6.45, 7) is 5.05. The van der Waals surface area contributed by atoms with E-state index < -0.39 is 12.0 Å². The number of hydrogen-bond acceptors (Lipinski definition) is 5. The minimum atomic E-state index is -0.665. The van der Waals surface area contributed by atoms with E-state index in [9.17, 15) is 14.4 Å². The van der Waals surface area contributed by atoms with Crippen LogP contribution >= 0.6 is 0 Å². The third-order valence-corrected chi connectivity index (χ3v) is 4.86. The molecule has 1 aliphatic rings. The van der Waals surface area contributed by atoms with Crippen LogP contribution in [0.2, 0.25) is 0 Å². The van der Waals surface area contributed by atoms with E-state index in [1.54, 1.807) is 14.1 Å². The van der Waals surface area contributed by atoms with Gasteiger partial charge in [-0.25, -0.2) is 4.79 Å². The van der Waals surface area contributed by atoms with Gasteiger partial charge >= 0.3 is 5.97 Å². The predicted molar refractivity (Wildman–Crippen MR) is 102 cm³/mol. The Morgan fingerprint density at radius 1 is 1.19 bits per heavy atom. The molecule has 0 radical (unpaired) electrons. The Kier molecular flexibility index (Phi) is 6.96. The predicted octanol–water partition coefficient (Wildman–Crippen LogP) is 0.985. The molecule has 27 heavy (non-hydrogen) atoms. The molecule has 7 nitrogen and oxygen atoms in total. The van der Waals surface area contributed by atoms with E-state index >= 15 is 0 Å². The lowest BCUT2D eigenvalue weighted by molar-refractivity contribution is -0.154. The van der Waals surface area contributed by atoms with Gasteiger partial charge in [0.15, 0.2) is 0 Å². The fraction of sp³-hybridized carbons (Fsp3) is 0.550. The Bertz CT molecular complexity index is 677. The molecule has 2 amide bonds. The number of rotatable bonds is 8. The highest BCUT2D eigenvalue weighted by Gasteiger charge is 2.42. The van der Waals surface area contributed by atoms with Crippen molar-refractivity contribution in [3.8, 4) is 0 Å². The van der Waals surface area contributed by atoms with E-state index in [0.717, 1.165) is 12.1 Å². The van der Waals surface area contributed by atoms with Crippen molar-refractivity contribution >= 4 is 17.8 Å². The Morgan fingerprint density at radius 3 is 2.37 bits per heavy atom. The number of amides is 2. The summed E-state index contributed by atoms with van der Waals surface area (Å²) in [6, 6.07) is 9.12. The first-order valence-electron chi connectivity index (χ1n) is 9.12. The number of esters is 1. The Hall–Kier alpha value is -2.41. The van der Waals surface area contributed by atoms with Crippen LogP contribution in [-0.4, -0.2) is 78.9 Å². The number of ether oxygens (including phenoxy) is 1. The van der Waals surface area contributed by atoms with Crippen LogP contribution < -0.4 is 0 Å². The van der Waals surface area contributed by atoms with Crippen molar-refractivity contribution in [2.45, 2.75) is 32.5 Å². The maximum Gasteiger partial charge on any atom is 0.328 e. The molecule has 0 aliphatic carbocycles. The molecule has 0 bridgehead atoms. The van der Waals surface area contributed by atoms with Crippen molar-refractivity contribution in [2.75, 3.05) is 34.3 Å². The van der Waals surface area contributed by atoms with Gasteiger partial charge in [-0.2, -0.15) is 0 Å². The SMILES string of the molecule is COC(=O)[C@H](C(C)C)N(C)C(=O)CN(C)C(=O)[C@@H]1CN1Cc1ccccc1. The molecule has 7 heteroatoms. The van der Waals surface area contributed by atoms with Crippen LogP contribution in [0.5, 0.6) is 0 Å². The van der Waals surface area contributed by atoms with Crippen molar-refractivity contribution < 1.29 is 19.1 Å². The summed E-state index contributed by atoms with van der Waals surface area (Å²) in [5.74, 6) is -0.902. The van der Waals surface area contributed by atoms with Crippen LogP contribution in [0.4, 0.5) is 0 Å². The second-order valence-corrected chi connectivity index (χ2v) is 7.34. The van der Waals surface area contributed by atoms with E-state index in [4.69, 9.17) is 4.74 Å². The van der Waals surface area contributed by atoms with Gasteiger partial charge in [0, 0.05) is 27.2 Å². The average Bonchev–Trinajstić information content (AvgIpc) is 3.40. The van der Waals surface area contributed by atoms with Crippen molar-refractivity contribution in [3.63, 3.8) is 0 Å². The Labute approximate surface area is 160 Å². The molecular formula is C20H29N3O4. The molecular weight excluding hydrogens is 346 g/mol. The van der Waals surface area contributed by atoms with Crippen molar-refractivity contribution in [3.05, 3.63) is 35.9 Å². The maximum atomic E-state index is 12.6. The second kappa shape index (κ2) is 8.99. The molecule has 3 atom stereocenters. The van der Waals surface area contributed by atoms with Crippen molar-refractivity contribution in [2.24, 2.45) is 5.92 Å². The van der Waals surface area contributed by atoms with Gasteiger partial charge in [-0.3, -0.25) is 14.5 Å². The van der Waals surface area contributed by atoms with Gasteiger partial charge in [0.1, 0.15) is 12.1 Å². The van der Waals surface area contributed by atoms with Gasteiger partial charge in [-0.05, 0) is 11.5 Å². The molecule has 2 rings (SSSR count). The summed E-state index contributed by atoms with van der Waals surface area (Å²) in [7, 11) is 4.50. The van der Waals surface area contributed by atoms with E-state index in [2.05, 4.69) is 4.90 Å². The third-order valence-electron chi connectivity index (χ3n) is 4.86. The van der Waals surface area contributed by atoms with Crippen LogP contribution in [0.15, 0.2) is 30.3 Å². The molecule has 0 N–H and O–H groups in total. The quantitative estimate of drug-likeness (QED) is 0.501. The Balaban J connectivity index is 1.88. The molecule has 1 aromatic rings. The number of carbonyl (C=O) groups is 3. The highest BCUT2D eigenvalue weighted by atomic mass is 16.5. The molecule has 1 saturated heterocycles. The summed E-state index contributed by atoms with van der Waals surface area (Å²) in [5.41, 5.74) is 1.16. The summed E-state index contributed by atoms with van der Waals surface area (Å²) in [6.07, 6.45) is 0. The fourth-order valence-corrected chi connectivity index (χ4v) is 3.20. The number of hydrogen-bond donors (Lipinski definition) is 0. The lowest BCUT2D eigenvalue weighted by Crippen LogP contribution is -2.50. The van der Waals surface area contributed by atoms with Gasteiger partial charge in [0.2, 0.25) is 11.8 Å². The molecule has 0 saturated carbocycles. The van der Waals surface area contributed by atoms with E-state index in [1.807, 2.05) is 44.2 Å². The highest BCUT2D eigenvalue weighted by Crippen LogP contribution is 2.23. The van der Waals surface area contributed by atoms with Gasteiger partial charge in [-0.1, -0.05) is 44.2 Å². The minimum absolute atomic E-state index is 0.0643. The average molecular weight is 375 g/mol. The molecule has 148 valence electrons. The molecule has 0 spiro atoms. The van der Waals surface area contributed by atoms with Crippen LogP contribution in [0.25, 0.3) is 0 Å². The first-order valence-corrected chi connectivity index (χ1v) is 9.12. The summed E-state index contributed by atoms with van der Waals surface area (Å²) < 4.78 is 4.80. The van der Waals surface area contributed by atoms with Gasteiger partial charge in [-0.15, -0.1) is 0 Å². The van der Waals surface area contributed by atoms with Crippen molar-refractivity contribution in [1.29, 1.82) is 0 Å². The van der Waals surface area contributed by atoms with Crippen LogP contribution in [0.3, 0.4) is 0 Å². The zero-order valence-corrected chi connectivity index (χ0v) is 16.7. The zero-order valence-electron chi connectivity index (χ0n) is 16.7. The minimum Gasteiger partial charge on any atom is -0.467 e. The molecule has 1 fully saturated rings. The van der Waals surface area contributed by atoms with Gasteiger partial charge < -0.3 is 14.5 Å². The molecule has 1 heterocycles. The number of benzene rings is 1. The van der Waals surface area contributed by atoms with Gasteiger partial charge in [0.25, 0.3) is 0 Å². The topological polar surface area (TPSA) is 69.9 Å². The summed E-state index contributed by atoms with van der Waals surface area (Å²) >= 11 is 0. The summed E-state index contributed by atoms with van der Waals surface area (Å²) in [4.78, 5) is 41.9. The van der Waals surface area contributed by atoms with Crippen LogP contribution in [0.1, 0.15) is 19.4 Å². The normalized spacial score (nSPS) is 19.3. The second-order valence-electron chi connectivity index (χ2n) is 7.34. The first kappa shape index (κ1) is 20.9. The molecule has 1 unspecified atom stereocenters. The molecule has 0 aromatic heterocycles. The largest absolute Gasteiger partial charge is 0.467 e. The molecule has 1 aromatic carbocycles. The van der Waals surface area contributed by atoms with Crippen molar-refractivity contribution in [1.82, 2.24) is 14.7 Å². The van der Waals surface area contributed by atoms with Crippen LogP contribution in [-0.2, 0) is 25.7 Å². The number of methoxy groups -OCH3 is 1. The smallest absolute Gasteiger partial charge is 0.328 e. The zero-order chi connectivity index (χ0) is 20.1. The highest BCUT2D eigenvalue weighted by molar-refractivity contribution is 5.90. The van der Waals surface area contributed by atoms with E-state index in [-0.39, 0.29) is 30.3 Å². The number of nitrogens with zero attached hydrogens (tertiary/aromatic N) is 3. The maximum absolute atomic E-state index is 12.6. The molecule has 1 aliphatic heterocycles. The number of carbonyl (C=O) groups excluding carboxylic acids is 3. The fourth-order valence-electron chi connectivity index (χ4n) is 3.20. The third kappa shape index (κ3) is 5.29. The van der Waals surface area contributed by atoms with Crippen LogP contribution in [0, 0.1) is 5.92 Å². The van der Waals surface area contributed by atoms with Gasteiger partial charge in [0.05, 0.1) is 13.7 Å². The summed E-state index contributed by atoms with van der Waals surface area (Å²) in [5, 5.41) is 0. The first-order chi connectivity index (χ1) is 12.8. The Morgan fingerprint density at radius 2 is 1.81 bits per heavy atom.